The highest BCUT2D eigenvalue weighted by Gasteiger charge is 2.54. The van der Waals surface area contributed by atoms with Gasteiger partial charge in [0.25, 0.3) is 5.91 Å². The zero-order valence-electron chi connectivity index (χ0n) is 15.4. The molecule has 152 valence electrons. The molecule has 1 aliphatic heterocycles. The van der Waals surface area contributed by atoms with E-state index in [1.165, 1.54) is 24.3 Å². The number of benzene rings is 2. The van der Waals surface area contributed by atoms with E-state index in [9.17, 15) is 22.4 Å². The second-order valence-corrected chi connectivity index (χ2v) is 9.11. The predicted molar refractivity (Wildman–Crippen MR) is 104 cm³/mol. The Morgan fingerprint density at radius 1 is 1.17 bits per heavy atom. The van der Waals surface area contributed by atoms with Crippen LogP contribution in [-0.2, 0) is 21.2 Å². The molecule has 2 fully saturated rings. The number of nitrogens with two attached hydrogens (primary N) is 1. The minimum Gasteiger partial charge on any atom is -0.323 e. The molecule has 4 N–H and O–H groups in total. The van der Waals surface area contributed by atoms with Gasteiger partial charge in [0.15, 0.2) is 0 Å². The van der Waals surface area contributed by atoms with Crippen LogP contribution in [0.5, 0.6) is 0 Å². The van der Waals surface area contributed by atoms with E-state index >= 15 is 0 Å². The third-order valence-electron chi connectivity index (χ3n) is 5.80. The van der Waals surface area contributed by atoms with Gasteiger partial charge in [0, 0.05) is 0 Å². The highest BCUT2D eigenvalue weighted by atomic mass is 32.2. The fourth-order valence-electron chi connectivity index (χ4n) is 4.44. The number of amides is 3. The molecule has 0 radical (unpaired) electrons. The molecular formula is C20H20FN3O4S. The van der Waals surface area contributed by atoms with Crippen molar-refractivity contribution >= 4 is 22.0 Å². The maximum Gasteiger partial charge on any atom is 0.322 e. The van der Waals surface area contributed by atoms with Gasteiger partial charge < -0.3 is 5.32 Å². The second-order valence-electron chi connectivity index (χ2n) is 7.55. The van der Waals surface area contributed by atoms with E-state index in [0.717, 1.165) is 6.42 Å². The highest BCUT2D eigenvalue weighted by Crippen LogP contribution is 2.41. The lowest BCUT2D eigenvalue weighted by molar-refractivity contribution is -0.125. The van der Waals surface area contributed by atoms with Gasteiger partial charge in [-0.25, -0.2) is 22.7 Å². The van der Waals surface area contributed by atoms with Crippen molar-refractivity contribution in [3.63, 3.8) is 0 Å². The molecular weight excluding hydrogens is 397 g/mol. The summed E-state index contributed by atoms with van der Waals surface area (Å²) in [6, 6.07) is 9.92. The van der Waals surface area contributed by atoms with Crippen molar-refractivity contribution in [1.82, 2.24) is 10.6 Å². The molecule has 2 aromatic rings. The number of rotatable bonds is 4. The van der Waals surface area contributed by atoms with Crippen LogP contribution in [0.4, 0.5) is 9.18 Å². The topological polar surface area (TPSA) is 118 Å². The average molecular weight is 417 g/mol. The van der Waals surface area contributed by atoms with Crippen LogP contribution in [0.25, 0.3) is 11.1 Å². The van der Waals surface area contributed by atoms with Gasteiger partial charge >= 0.3 is 6.03 Å². The third-order valence-corrected chi connectivity index (χ3v) is 6.71. The number of nitrogens with one attached hydrogen (secondary N) is 2. The highest BCUT2D eigenvalue weighted by molar-refractivity contribution is 7.89. The Bertz CT molecular complexity index is 1120. The largest absolute Gasteiger partial charge is 0.323 e. The Morgan fingerprint density at radius 2 is 1.97 bits per heavy atom. The summed E-state index contributed by atoms with van der Waals surface area (Å²) in [4.78, 5) is 24.2. The quantitative estimate of drug-likeness (QED) is 0.660. The van der Waals surface area contributed by atoms with E-state index in [4.69, 9.17) is 5.14 Å². The summed E-state index contributed by atoms with van der Waals surface area (Å²) in [6.07, 6.45) is 2.29. The van der Waals surface area contributed by atoms with Crippen molar-refractivity contribution < 1.29 is 22.4 Å². The molecule has 3 amide bonds. The number of urea groups is 1. The Labute approximate surface area is 167 Å². The van der Waals surface area contributed by atoms with Gasteiger partial charge in [-0.2, -0.15) is 0 Å². The van der Waals surface area contributed by atoms with E-state index in [1.807, 2.05) is 0 Å². The van der Waals surface area contributed by atoms with Crippen molar-refractivity contribution in [2.24, 2.45) is 11.1 Å². The van der Waals surface area contributed by atoms with Gasteiger partial charge in [-0.3, -0.25) is 10.1 Å². The van der Waals surface area contributed by atoms with Crippen LogP contribution < -0.4 is 15.8 Å². The van der Waals surface area contributed by atoms with Gasteiger partial charge in [-0.05, 0) is 66.1 Å². The summed E-state index contributed by atoms with van der Waals surface area (Å²) in [5.41, 5.74) is 0.868. The van der Waals surface area contributed by atoms with Crippen molar-refractivity contribution in [3.05, 3.63) is 53.8 Å². The summed E-state index contributed by atoms with van der Waals surface area (Å²) >= 11 is 0. The summed E-state index contributed by atoms with van der Waals surface area (Å²) < 4.78 is 37.5. The minimum absolute atomic E-state index is 0.0559. The summed E-state index contributed by atoms with van der Waals surface area (Å²) in [5, 5.41) is 10.4. The minimum atomic E-state index is -3.94. The van der Waals surface area contributed by atoms with Crippen molar-refractivity contribution in [2.45, 2.75) is 36.1 Å². The summed E-state index contributed by atoms with van der Waals surface area (Å²) in [7, 11) is -3.94. The molecule has 29 heavy (non-hydrogen) atoms. The summed E-state index contributed by atoms with van der Waals surface area (Å²) in [6.45, 7) is 0. The van der Waals surface area contributed by atoms with E-state index in [1.54, 1.807) is 18.2 Å². The fourth-order valence-corrected chi connectivity index (χ4v) is 5.01. The Kier molecular flexibility index (Phi) is 4.66. The molecule has 7 nitrogen and oxygen atoms in total. The average Bonchev–Trinajstić information content (AvgIpc) is 3.17. The molecule has 9 heteroatoms. The van der Waals surface area contributed by atoms with Gasteiger partial charge in [0.05, 0.1) is 4.90 Å². The van der Waals surface area contributed by atoms with Crippen molar-refractivity contribution in [1.29, 1.82) is 0 Å². The van der Waals surface area contributed by atoms with Crippen LogP contribution in [0.2, 0.25) is 0 Å². The zero-order valence-corrected chi connectivity index (χ0v) is 16.3. The number of imide groups is 1. The Morgan fingerprint density at radius 3 is 2.62 bits per heavy atom. The van der Waals surface area contributed by atoms with Crippen LogP contribution in [0.15, 0.2) is 47.4 Å². The monoisotopic (exact) mass is 417 g/mol. The lowest BCUT2D eigenvalue weighted by Crippen LogP contribution is -2.50. The molecule has 2 atom stereocenters. The molecule has 2 aliphatic rings. The number of hydrogen-bond acceptors (Lipinski definition) is 4. The van der Waals surface area contributed by atoms with Crippen LogP contribution in [0.3, 0.4) is 0 Å². The number of hydrogen-bond donors (Lipinski definition) is 3. The zero-order chi connectivity index (χ0) is 20.8. The number of carbonyl (C=O) groups is 2. The standard InChI is InChI=1S/C20H20FN3O4S/c21-15-5-1-3-12(10-15)17-7-6-16(29(22,27)28)11-13(17)9-14-4-2-8-20(14)18(25)23-19(26)24-20/h1,3,5-7,10-11,14H,2,4,8-9H2,(H2,22,27,28)(H2,23,24,25,26). The van der Waals surface area contributed by atoms with Gasteiger partial charge in [0.2, 0.25) is 10.0 Å². The van der Waals surface area contributed by atoms with E-state index in [-0.39, 0.29) is 16.7 Å². The van der Waals surface area contributed by atoms with E-state index < -0.39 is 27.4 Å². The molecule has 1 aliphatic carbocycles. The smallest absolute Gasteiger partial charge is 0.322 e. The first kappa shape index (κ1) is 19.5. The normalized spacial score (nSPS) is 24.0. The first-order valence-corrected chi connectivity index (χ1v) is 10.8. The fraction of sp³-hybridized carbons (Fsp3) is 0.300. The molecule has 1 saturated heterocycles. The van der Waals surface area contributed by atoms with Crippen LogP contribution in [-0.4, -0.2) is 25.9 Å². The van der Waals surface area contributed by atoms with Crippen LogP contribution >= 0.6 is 0 Å². The molecule has 4 rings (SSSR count). The molecule has 1 saturated carbocycles. The maximum absolute atomic E-state index is 13.8. The Balaban J connectivity index is 1.79. The molecule has 2 unspecified atom stereocenters. The van der Waals surface area contributed by atoms with Gasteiger partial charge in [-0.1, -0.05) is 24.6 Å². The first-order chi connectivity index (χ1) is 13.7. The van der Waals surface area contributed by atoms with Crippen LogP contribution in [0, 0.1) is 11.7 Å². The van der Waals surface area contributed by atoms with Crippen molar-refractivity contribution in [3.8, 4) is 11.1 Å². The predicted octanol–water partition coefficient (Wildman–Crippen LogP) is 2.06. The van der Waals surface area contributed by atoms with Gasteiger partial charge in [0.1, 0.15) is 11.4 Å². The molecule has 0 aromatic heterocycles. The van der Waals surface area contributed by atoms with Crippen molar-refractivity contribution in [2.75, 3.05) is 0 Å². The van der Waals surface area contributed by atoms with E-state index in [0.29, 0.717) is 36.0 Å². The molecule has 1 heterocycles. The number of halogens is 1. The number of carbonyl (C=O) groups excluding carboxylic acids is 2. The summed E-state index contributed by atoms with van der Waals surface area (Å²) in [5.74, 6) is -0.999. The first-order valence-electron chi connectivity index (χ1n) is 9.24. The lowest BCUT2D eigenvalue weighted by atomic mass is 9.81. The Hall–Kier alpha value is -2.78. The number of primary sulfonamides is 1. The van der Waals surface area contributed by atoms with Gasteiger partial charge in [-0.15, -0.1) is 0 Å². The molecule has 2 aromatic carbocycles. The molecule has 0 bridgehead atoms. The lowest BCUT2D eigenvalue weighted by Gasteiger charge is -2.29. The van der Waals surface area contributed by atoms with Crippen LogP contribution in [0.1, 0.15) is 24.8 Å². The third kappa shape index (κ3) is 3.51. The van der Waals surface area contributed by atoms with E-state index in [2.05, 4.69) is 10.6 Å². The number of sulfonamides is 1. The second kappa shape index (κ2) is 6.93. The molecule has 1 spiro atoms. The maximum atomic E-state index is 13.8. The SMILES string of the molecule is NS(=O)(=O)c1ccc(-c2cccc(F)c2)c(CC2CCCC23NC(=O)NC3=O)c1.